The van der Waals surface area contributed by atoms with Gasteiger partial charge in [0, 0.05) is 17.6 Å². The van der Waals surface area contributed by atoms with Gasteiger partial charge in [0.2, 0.25) is 0 Å². The summed E-state index contributed by atoms with van der Waals surface area (Å²) in [6.07, 6.45) is 1.92. The Morgan fingerprint density at radius 3 is 2.95 bits per heavy atom. The normalized spacial score (nSPS) is 20.4. The number of nitrogens with zero attached hydrogens (tertiary/aromatic N) is 1. The molecule has 0 radical (unpaired) electrons. The molecule has 1 saturated heterocycles. The Hall–Kier alpha value is -0.340. The predicted molar refractivity (Wildman–Crippen MR) is 89.9 cm³/mol. The Morgan fingerprint density at radius 1 is 1.48 bits per heavy atom. The number of hydrogen-bond acceptors (Lipinski definition) is 3. The molecule has 1 aromatic rings. The molecule has 1 unspecified atom stereocenters. The van der Waals surface area contributed by atoms with Gasteiger partial charge in [0.25, 0.3) is 0 Å². The van der Waals surface area contributed by atoms with E-state index in [1.807, 2.05) is 7.05 Å². The van der Waals surface area contributed by atoms with Gasteiger partial charge in [-0.1, -0.05) is 27.5 Å². The molecule has 0 amide bonds. The Morgan fingerprint density at radius 2 is 2.24 bits per heavy atom. The summed E-state index contributed by atoms with van der Waals surface area (Å²) in [6.45, 7) is 1.90. The van der Waals surface area contributed by atoms with Gasteiger partial charge in [-0.15, -0.1) is 0 Å². The zero-order valence-corrected chi connectivity index (χ0v) is 14.9. The lowest BCUT2D eigenvalue weighted by Gasteiger charge is -2.32. The first kappa shape index (κ1) is 17.0. The Balaban J connectivity index is 2.12. The molecule has 1 aromatic carbocycles. The van der Waals surface area contributed by atoms with Crippen LogP contribution in [0.4, 0.5) is 5.69 Å². The van der Waals surface area contributed by atoms with Crippen molar-refractivity contribution >= 4 is 43.4 Å². The van der Waals surface area contributed by atoms with Crippen LogP contribution in [0.5, 0.6) is 0 Å². The fourth-order valence-electron chi connectivity index (χ4n) is 2.48. The number of anilines is 1. The zero-order valence-electron chi connectivity index (χ0n) is 11.8. The van der Waals surface area contributed by atoms with Crippen LogP contribution in [0.2, 0.25) is 5.02 Å². The second-order valence-electron chi connectivity index (χ2n) is 5.16. The first-order chi connectivity index (χ1) is 9.92. The third kappa shape index (κ3) is 4.56. The van der Waals surface area contributed by atoms with E-state index in [9.17, 15) is 8.42 Å². The summed E-state index contributed by atoms with van der Waals surface area (Å²) in [5.41, 5.74) is 0.391. The number of rotatable bonds is 5. The topological polar surface area (TPSA) is 61.4 Å². The maximum atomic E-state index is 12.5. The monoisotopic (exact) mass is 395 g/mol. The molecule has 1 aliphatic rings. The summed E-state index contributed by atoms with van der Waals surface area (Å²) < 4.78 is 29.8. The van der Waals surface area contributed by atoms with E-state index in [1.54, 1.807) is 18.2 Å². The molecule has 1 heterocycles. The molecule has 1 fully saturated rings. The first-order valence-corrected chi connectivity index (χ1v) is 9.41. The van der Waals surface area contributed by atoms with Crippen molar-refractivity contribution in [3.05, 3.63) is 27.7 Å². The van der Waals surface area contributed by atoms with Crippen molar-refractivity contribution < 1.29 is 8.42 Å². The van der Waals surface area contributed by atoms with Crippen LogP contribution < -0.4 is 10.0 Å². The van der Waals surface area contributed by atoms with E-state index in [1.165, 1.54) is 4.31 Å². The minimum atomic E-state index is -3.58. The van der Waals surface area contributed by atoms with Crippen LogP contribution in [0, 0.1) is 5.92 Å². The summed E-state index contributed by atoms with van der Waals surface area (Å²) >= 11 is 9.36. The lowest BCUT2D eigenvalue weighted by molar-refractivity contribution is 0.264. The smallest absolute Gasteiger partial charge is 0.301 e. The van der Waals surface area contributed by atoms with Crippen molar-refractivity contribution in [2.75, 3.05) is 31.4 Å². The van der Waals surface area contributed by atoms with E-state index < -0.39 is 10.2 Å². The minimum absolute atomic E-state index is 0.346. The SMILES string of the molecule is CNCC1CCCN(S(=O)(=O)Nc2cc(Br)ccc2Cl)C1. The van der Waals surface area contributed by atoms with Crippen LogP contribution in [-0.2, 0) is 10.2 Å². The molecule has 0 aliphatic carbocycles. The average Bonchev–Trinajstić information content (AvgIpc) is 2.43. The molecular formula is C13H19BrClN3O2S. The highest BCUT2D eigenvalue weighted by molar-refractivity contribution is 9.10. The summed E-state index contributed by atoms with van der Waals surface area (Å²) in [4.78, 5) is 0. The van der Waals surface area contributed by atoms with Crippen LogP contribution in [0.1, 0.15) is 12.8 Å². The lowest BCUT2D eigenvalue weighted by Crippen LogP contribution is -2.44. The van der Waals surface area contributed by atoms with Crippen molar-refractivity contribution in [1.82, 2.24) is 9.62 Å². The van der Waals surface area contributed by atoms with Gasteiger partial charge in [0.05, 0.1) is 10.7 Å². The van der Waals surface area contributed by atoms with E-state index in [0.29, 0.717) is 29.7 Å². The van der Waals surface area contributed by atoms with E-state index >= 15 is 0 Å². The van der Waals surface area contributed by atoms with E-state index in [2.05, 4.69) is 26.0 Å². The van der Waals surface area contributed by atoms with Crippen molar-refractivity contribution in [2.24, 2.45) is 5.92 Å². The van der Waals surface area contributed by atoms with E-state index in [0.717, 1.165) is 23.9 Å². The second kappa shape index (κ2) is 7.28. The van der Waals surface area contributed by atoms with Gasteiger partial charge in [-0.2, -0.15) is 12.7 Å². The fourth-order valence-corrected chi connectivity index (χ4v) is 4.41. The summed E-state index contributed by atoms with van der Waals surface area (Å²) in [6, 6.07) is 5.09. The van der Waals surface area contributed by atoms with Gasteiger partial charge in [-0.3, -0.25) is 4.72 Å². The number of hydrogen-bond donors (Lipinski definition) is 2. The van der Waals surface area contributed by atoms with E-state index in [4.69, 9.17) is 11.6 Å². The van der Waals surface area contributed by atoms with Crippen LogP contribution >= 0.6 is 27.5 Å². The van der Waals surface area contributed by atoms with Gasteiger partial charge >= 0.3 is 10.2 Å². The molecule has 5 nitrogen and oxygen atoms in total. The molecule has 8 heteroatoms. The van der Waals surface area contributed by atoms with Crippen LogP contribution in [-0.4, -0.2) is 39.4 Å². The summed E-state index contributed by atoms with van der Waals surface area (Å²) in [5, 5.41) is 3.49. The Labute approximate surface area is 139 Å². The molecule has 0 bridgehead atoms. The van der Waals surface area contributed by atoms with Gasteiger partial charge in [-0.05, 0) is 50.6 Å². The third-order valence-electron chi connectivity index (χ3n) is 3.48. The quantitative estimate of drug-likeness (QED) is 0.804. The first-order valence-electron chi connectivity index (χ1n) is 6.80. The largest absolute Gasteiger partial charge is 0.319 e. The second-order valence-corrected chi connectivity index (χ2v) is 8.15. The molecule has 21 heavy (non-hydrogen) atoms. The predicted octanol–water partition coefficient (Wildman–Crippen LogP) is 2.69. The summed E-state index contributed by atoms with van der Waals surface area (Å²) in [7, 11) is -1.69. The maximum absolute atomic E-state index is 12.5. The number of halogens is 2. The van der Waals surface area contributed by atoms with Crippen molar-refractivity contribution in [3.8, 4) is 0 Å². The third-order valence-corrected chi connectivity index (χ3v) is 5.79. The van der Waals surface area contributed by atoms with E-state index in [-0.39, 0.29) is 0 Å². The highest BCUT2D eigenvalue weighted by Crippen LogP contribution is 2.28. The van der Waals surface area contributed by atoms with Crippen molar-refractivity contribution in [3.63, 3.8) is 0 Å². The lowest BCUT2D eigenvalue weighted by atomic mass is 10.00. The Kier molecular flexibility index (Phi) is 5.90. The Bertz CT molecular complexity index is 595. The van der Waals surface area contributed by atoms with Crippen molar-refractivity contribution in [2.45, 2.75) is 12.8 Å². The van der Waals surface area contributed by atoms with Gasteiger partial charge < -0.3 is 5.32 Å². The van der Waals surface area contributed by atoms with Crippen LogP contribution in [0.25, 0.3) is 0 Å². The molecule has 1 atom stereocenters. The highest BCUT2D eigenvalue weighted by atomic mass is 79.9. The molecular weight excluding hydrogens is 378 g/mol. The number of nitrogens with one attached hydrogen (secondary N) is 2. The molecule has 118 valence electrons. The van der Waals surface area contributed by atoms with Crippen molar-refractivity contribution in [1.29, 1.82) is 0 Å². The number of piperidine rings is 1. The fraction of sp³-hybridized carbons (Fsp3) is 0.538. The molecule has 0 spiro atoms. The molecule has 0 aromatic heterocycles. The van der Waals surface area contributed by atoms with Gasteiger partial charge in [0.1, 0.15) is 0 Å². The van der Waals surface area contributed by atoms with Crippen LogP contribution in [0.3, 0.4) is 0 Å². The molecule has 0 saturated carbocycles. The van der Waals surface area contributed by atoms with Gasteiger partial charge in [-0.25, -0.2) is 0 Å². The molecule has 2 N–H and O–H groups in total. The molecule has 2 rings (SSSR count). The summed E-state index contributed by atoms with van der Waals surface area (Å²) in [5.74, 6) is 0.346. The van der Waals surface area contributed by atoms with Gasteiger partial charge in [0.15, 0.2) is 0 Å². The average molecular weight is 397 g/mol. The minimum Gasteiger partial charge on any atom is -0.319 e. The van der Waals surface area contributed by atoms with Crippen LogP contribution in [0.15, 0.2) is 22.7 Å². The molecule has 1 aliphatic heterocycles. The highest BCUT2D eigenvalue weighted by Gasteiger charge is 2.29. The standard InChI is InChI=1S/C13H19BrClN3O2S/c1-16-8-10-3-2-6-18(9-10)21(19,20)17-13-7-11(14)4-5-12(13)15/h4-5,7,10,16-17H,2-3,6,8-9H2,1H3. The number of benzene rings is 1. The zero-order chi connectivity index (χ0) is 15.5. The maximum Gasteiger partial charge on any atom is 0.301 e.